The van der Waals surface area contributed by atoms with E-state index < -0.39 is 0 Å². The van der Waals surface area contributed by atoms with Crippen molar-refractivity contribution in [3.8, 4) is 0 Å². The lowest BCUT2D eigenvalue weighted by atomic mass is 10.1. The van der Waals surface area contributed by atoms with Gasteiger partial charge in [-0.05, 0) is 39.5 Å². The number of halogens is 1. The Morgan fingerprint density at radius 1 is 1.46 bits per heavy atom. The van der Waals surface area contributed by atoms with Gasteiger partial charge in [-0.1, -0.05) is 13.8 Å². The number of imidazole rings is 1. The Balaban J connectivity index is 2.61. The van der Waals surface area contributed by atoms with Crippen molar-refractivity contribution in [3.63, 3.8) is 0 Å². The first-order chi connectivity index (χ1) is 6.16. The molecule has 0 radical (unpaired) electrons. The van der Waals surface area contributed by atoms with E-state index in [-0.39, 0.29) is 0 Å². The summed E-state index contributed by atoms with van der Waals surface area (Å²) in [6.07, 6.45) is 4.00. The molecule has 2 heterocycles. The van der Waals surface area contributed by atoms with Crippen molar-refractivity contribution in [1.29, 1.82) is 0 Å². The molecule has 0 spiro atoms. The molecule has 0 unspecified atom stereocenters. The highest BCUT2D eigenvalue weighted by Gasteiger charge is 2.02. The summed E-state index contributed by atoms with van der Waals surface area (Å²) < 4.78 is 2.89. The van der Waals surface area contributed by atoms with E-state index in [0.29, 0.717) is 5.92 Å². The van der Waals surface area contributed by atoms with Gasteiger partial charge in [0.15, 0.2) is 0 Å². The minimum Gasteiger partial charge on any atom is -0.306 e. The van der Waals surface area contributed by atoms with Crippen LogP contribution in [0.25, 0.3) is 5.65 Å². The highest BCUT2D eigenvalue weighted by atomic mass is 79.9. The molecule has 2 nitrogen and oxygen atoms in total. The van der Waals surface area contributed by atoms with Crippen LogP contribution in [0.3, 0.4) is 0 Å². The number of hydrogen-bond donors (Lipinski definition) is 0. The van der Waals surface area contributed by atoms with Gasteiger partial charge in [0.05, 0.1) is 0 Å². The summed E-state index contributed by atoms with van der Waals surface area (Å²) in [7, 11) is 0. The van der Waals surface area contributed by atoms with Crippen molar-refractivity contribution in [2.75, 3.05) is 0 Å². The molecule has 68 valence electrons. The number of rotatable bonds is 1. The Labute approximate surface area is 85.7 Å². The normalized spacial score (nSPS) is 11.4. The molecule has 0 atom stereocenters. The molecule has 0 fully saturated rings. The van der Waals surface area contributed by atoms with Gasteiger partial charge in [0, 0.05) is 12.4 Å². The molecule has 0 aliphatic rings. The Hall–Kier alpha value is -0.830. The molecular formula is C10H11BrN2. The summed E-state index contributed by atoms with van der Waals surface area (Å²) in [4.78, 5) is 4.34. The molecule has 0 aromatic carbocycles. The molecule has 0 amide bonds. The second kappa shape index (κ2) is 3.14. The molecule has 0 aliphatic heterocycles. The van der Waals surface area contributed by atoms with Crippen molar-refractivity contribution in [2.24, 2.45) is 0 Å². The first-order valence-electron chi connectivity index (χ1n) is 4.31. The van der Waals surface area contributed by atoms with Crippen LogP contribution in [-0.2, 0) is 0 Å². The lowest BCUT2D eigenvalue weighted by Gasteiger charge is -2.04. The van der Waals surface area contributed by atoms with Crippen LogP contribution < -0.4 is 0 Å². The van der Waals surface area contributed by atoms with Crippen LogP contribution in [0.2, 0.25) is 0 Å². The maximum atomic E-state index is 4.34. The summed E-state index contributed by atoms with van der Waals surface area (Å²) >= 11 is 3.35. The number of nitrogens with zero attached hydrogens (tertiary/aromatic N) is 2. The highest BCUT2D eigenvalue weighted by Crippen LogP contribution is 2.17. The van der Waals surface area contributed by atoms with Gasteiger partial charge in [0.2, 0.25) is 0 Å². The third-order valence-corrected chi connectivity index (χ3v) is 2.50. The predicted molar refractivity (Wildman–Crippen MR) is 57.0 cm³/mol. The Morgan fingerprint density at radius 3 is 2.92 bits per heavy atom. The Kier molecular flexibility index (Phi) is 2.12. The molecular weight excluding hydrogens is 228 g/mol. The Morgan fingerprint density at radius 2 is 2.23 bits per heavy atom. The molecule has 2 aromatic rings. The van der Waals surface area contributed by atoms with E-state index in [9.17, 15) is 0 Å². The average Bonchev–Trinajstić information content (AvgIpc) is 2.42. The second-order valence-electron chi connectivity index (χ2n) is 3.44. The van der Waals surface area contributed by atoms with Crippen LogP contribution in [0.4, 0.5) is 0 Å². The maximum absolute atomic E-state index is 4.34. The van der Waals surface area contributed by atoms with Gasteiger partial charge in [-0.15, -0.1) is 0 Å². The molecule has 0 N–H and O–H groups in total. The van der Waals surface area contributed by atoms with E-state index in [1.165, 1.54) is 5.56 Å². The number of hydrogen-bond acceptors (Lipinski definition) is 1. The van der Waals surface area contributed by atoms with Crippen LogP contribution in [0, 0.1) is 0 Å². The van der Waals surface area contributed by atoms with Crippen molar-refractivity contribution in [3.05, 3.63) is 34.7 Å². The fraction of sp³-hybridized carbons (Fsp3) is 0.300. The molecule has 0 saturated carbocycles. The molecule has 0 aliphatic carbocycles. The van der Waals surface area contributed by atoms with E-state index >= 15 is 0 Å². The van der Waals surface area contributed by atoms with Crippen molar-refractivity contribution in [2.45, 2.75) is 19.8 Å². The fourth-order valence-electron chi connectivity index (χ4n) is 1.33. The monoisotopic (exact) mass is 238 g/mol. The SMILES string of the molecule is CC(C)c1ccn2cc(Br)nc2c1. The third-order valence-electron chi connectivity index (χ3n) is 2.12. The summed E-state index contributed by atoms with van der Waals surface area (Å²) in [5.41, 5.74) is 2.32. The highest BCUT2D eigenvalue weighted by molar-refractivity contribution is 9.10. The lowest BCUT2D eigenvalue weighted by Crippen LogP contribution is -1.90. The molecule has 13 heavy (non-hydrogen) atoms. The van der Waals surface area contributed by atoms with Gasteiger partial charge in [-0.25, -0.2) is 4.98 Å². The first-order valence-corrected chi connectivity index (χ1v) is 5.10. The van der Waals surface area contributed by atoms with Gasteiger partial charge in [0.1, 0.15) is 10.3 Å². The number of fused-ring (bicyclic) bond motifs is 1. The number of aromatic nitrogens is 2. The first kappa shape index (κ1) is 8.75. The quantitative estimate of drug-likeness (QED) is 0.746. The molecule has 2 aromatic heterocycles. The molecule has 2 rings (SSSR count). The summed E-state index contributed by atoms with van der Waals surface area (Å²) in [5.74, 6) is 0.556. The van der Waals surface area contributed by atoms with Crippen LogP contribution in [0.5, 0.6) is 0 Å². The summed E-state index contributed by atoms with van der Waals surface area (Å²) in [6, 6.07) is 4.25. The topological polar surface area (TPSA) is 17.3 Å². The van der Waals surface area contributed by atoms with Crippen LogP contribution in [-0.4, -0.2) is 9.38 Å². The zero-order valence-corrected chi connectivity index (χ0v) is 9.25. The van der Waals surface area contributed by atoms with Gasteiger partial charge in [0.25, 0.3) is 0 Å². The lowest BCUT2D eigenvalue weighted by molar-refractivity contribution is 0.863. The minimum absolute atomic E-state index is 0.556. The van der Waals surface area contributed by atoms with Crippen molar-refractivity contribution >= 4 is 21.6 Å². The largest absolute Gasteiger partial charge is 0.306 e. The van der Waals surface area contributed by atoms with Gasteiger partial charge in [-0.3, -0.25) is 0 Å². The summed E-state index contributed by atoms with van der Waals surface area (Å²) in [5, 5.41) is 0. The van der Waals surface area contributed by atoms with Gasteiger partial charge >= 0.3 is 0 Å². The summed E-state index contributed by atoms with van der Waals surface area (Å²) in [6.45, 7) is 4.37. The molecule has 0 bridgehead atoms. The minimum atomic E-state index is 0.556. The molecule has 3 heteroatoms. The second-order valence-corrected chi connectivity index (χ2v) is 4.26. The fourth-order valence-corrected chi connectivity index (χ4v) is 1.73. The number of pyridine rings is 1. The maximum Gasteiger partial charge on any atom is 0.138 e. The Bertz CT molecular complexity index is 431. The van der Waals surface area contributed by atoms with E-state index in [2.05, 4.69) is 46.9 Å². The third kappa shape index (κ3) is 1.61. The van der Waals surface area contributed by atoms with Crippen molar-refractivity contribution < 1.29 is 0 Å². The average molecular weight is 239 g/mol. The van der Waals surface area contributed by atoms with E-state index in [1.807, 2.05) is 16.8 Å². The van der Waals surface area contributed by atoms with Crippen LogP contribution >= 0.6 is 15.9 Å². The van der Waals surface area contributed by atoms with Crippen LogP contribution in [0.15, 0.2) is 29.1 Å². The van der Waals surface area contributed by atoms with E-state index in [0.717, 1.165) is 10.3 Å². The zero-order chi connectivity index (χ0) is 9.42. The van der Waals surface area contributed by atoms with Crippen LogP contribution in [0.1, 0.15) is 25.3 Å². The predicted octanol–water partition coefficient (Wildman–Crippen LogP) is 3.22. The van der Waals surface area contributed by atoms with Crippen molar-refractivity contribution in [1.82, 2.24) is 9.38 Å². The van der Waals surface area contributed by atoms with Gasteiger partial charge < -0.3 is 4.40 Å². The van der Waals surface area contributed by atoms with Gasteiger partial charge in [-0.2, -0.15) is 0 Å². The molecule has 0 saturated heterocycles. The van der Waals surface area contributed by atoms with E-state index in [1.54, 1.807) is 0 Å². The standard InChI is InChI=1S/C10H11BrN2/c1-7(2)8-3-4-13-6-9(11)12-10(13)5-8/h3-7H,1-2H3. The van der Waals surface area contributed by atoms with E-state index in [4.69, 9.17) is 0 Å². The smallest absolute Gasteiger partial charge is 0.138 e. The zero-order valence-electron chi connectivity index (χ0n) is 7.66.